The molecule has 1 aromatic rings. The van der Waals surface area contributed by atoms with Gasteiger partial charge in [0, 0.05) is 12.1 Å². The number of amides is 1. The summed E-state index contributed by atoms with van der Waals surface area (Å²) in [5.74, 6) is 0.622. The summed E-state index contributed by atoms with van der Waals surface area (Å²) < 4.78 is 0. The molecule has 1 saturated heterocycles. The van der Waals surface area contributed by atoms with E-state index in [1.807, 2.05) is 24.3 Å². The summed E-state index contributed by atoms with van der Waals surface area (Å²) in [7, 11) is 0. The van der Waals surface area contributed by atoms with Gasteiger partial charge in [0.25, 0.3) is 5.91 Å². The van der Waals surface area contributed by atoms with Crippen molar-refractivity contribution in [2.24, 2.45) is 0 Å². The molecule has 0 bridgehead atoms. The Kier molecular flexibility index (Phi) is 3.53. The van der Waals surface area contributed by atoms with Gasteiger partial charge in [-0.05, 0) is 49.4 Å². The first-order valence-electron chi connectivity index (χ1n) is 7.03. The minimum absolute atomic E-state index is 0.0895. The van der Waals surface area contributed by atoms with Crippen molar-refractivity contribution in [1.29, 1.82) is 0 Å². The van der Waals surface area contributed by atoms with E-state index in [4.69, 9.17) is 0 Å². The number of hydrogen-bond donors (Lipinski definition) is 3. The van der Waals surface area contributed by atoms with Crippen molar-refractivity contribution in [3.05, 3.63) is 35.4 Å². The third kappa shape index (κ3) is 2.96. The maximum atomic E-state index is 12.1. The number of piperidine rings is 1. The van der Waals surface area contributed by atoms with Crippen LogP contribution in [0.4, 0.5) is 0 Å². The van der Waals surface area contributed by atoms with E-state index in [-0.39, 0.29) is 11.9 Å². The molecule has 19 heavy (non-hydrogen) atoms. The van der Waals surface area contributed by atoms with E-state index < -0.39 is 6.10 Å². The second kappa shape index (κ2) is 5.31. The van der Waals surface area contributed by atoms with Crippen LogP contribution in [-0.2, 0) is 0 Å². The lowest BCUT2D eigenvalue weighted by molar-refractivity contribution is 0.0765. The first-order chi connectivity index (χ1) is 9.24. The smallest absolute Gasteiger partial charge is 0.251 e. The molecule has 1 heterocycles. The molecule has 1 aliphatic heterocycles. The van der Waals surface area contributed by atoms with Gasteiger partial charge in [0.05, 0.1) is 12.1 Å². The third-order valence-corrected chi connectivity index (χ3v) is 3.99. The van der Waals surface area contributed by atoms with Crippen molar-refractivity contribution in [1.82, 2.24) is 10.6 Å². The molecular formula is C15H20N2O2. The van der Waals surface area contributed by atoms with Crippen LogP contribution >= 0.6 is 0 Å². The molecule has 102 valence electrons. The number of β-amino-alcohol motifs (C(OH)–C–C–N with tert-alkyl or cyclic N) is 1. The molecule has 1 aromatic carbocycles. The number of aliphatic hydroxyl groups excluding tert-OH is 1. The van der Waals surface area contributed by atoms with E-state index in [0.29, 0.717) is 18.0 Å². The van der Waals surface area contributed by atoms with E-state index in [2.05, 4.69) is 10.6 Å². The van der Waals surface area contributed by atoms with Crippen molar-refractivity contribution >= 4 is 5.91 Å². The summed E-state index contributed by atoms with van der Waals surface area (Å²) in [4.78, 5) is 12.1. The highest BCUT2D eigenvalue weighted by Crippen LogP contribution is 2.39. The van der Waals surface area contributed by atoms with Crippen molar-refractivity contribution in [2.75, 3.05) is 13.1 Å². The fraction of sp³-hybridized carbons (Fsp3) is 0.533. The van der Waals surface area contributed by atoms with Crippen LogP contribution in [0.3, 0.4) is 0 Å². The van der Waals surface area contributed by atoms with E-state index in [1.54, 1.807) is 0 Å². The third-order valence-electron chi connectivity index (χ3n) is 3.99. The van der Waals surface area contributed by atoms with Crippen molar-refractivity contribution in [2.45, 2.75) is 37.3 Å². The van der Waals surface area contributed by atoms with Crippen LogP contribution in [0.15, 0.2) is 24.3 Å². The molecule has 1 amide bonds. The van der Waals surface area contributed by atoms with Gasteiger partial charge in [0.15, 0.2) is 0 Å². The monoisotopic (exact) mass is 260 g/mol. The van der Waals surface area contributed by atoms with E-state index in [0.717, 1.165) is 13.0 Å². The van der Waals surface area contributed by atoms with Crippen LogP contribution < -0.4 is 10.6 Å². The zero-order valence-corrected chi connectivity index (χ0v) is 10.9. The molecule has 1 aliphatic carbocycles. The summed E-state index contributed by atoms with van der Waals surface area (Å²) >= 11 is 0. The molecule has 2 fully saturated rings. The number of aliphatic hydroxyl groups is 1. The Hall–Kier alpha value is -1.39. The van der Waals surface area contributed by atoms with Gasteiger partial charge in [0.2, 0.25) is 0 Å². The van der Waals surface area contributed by atoms with Crippen molar-refractivity contribution in [3.8, 4) is 0 Å². The number of benzene rings is 1. The lowest BCUT2D eigenvalue weighted by Gasteiger charge is -2.29. The number of carbonyl (C=O) groups is 1. The Bertz CT molecular complexity index is 454. The average molecular weight is 260 g/mol. The number of nitrogens with one attached hydrogen (secondary N) is 2. The zero-order valence-electron chi connectivity index (χ0n) is 10.9. The molecule has 4 nitrogen and oxygen atoms in total. The Morgan fingerprint density at radius 2 is 1.95 bits per heavy atom. The van der Waals surface area contributed by atoms with Gasteiger partial charge in [-0.25, -0.2) is 0 Å². The topological polar surface area (TPSA) is 61.4 Å². The quantitative estimate of drug-likeness (QED) is 0.760. The fourth-order valence-electron chi connectivity index (χ4n) is 2.59. The van der Waals surface area contributed by atoms with Gasteiger partial charge >= 0.3 is 0 Å². The van der Waals surface area contributed by atoms with Crippen LogP contribution in [0.5, 0.6) is 0 Å². The largest absolute Gasteiger partial charge is 0.390 e. The zero-order chi connectivity index (χ0) is 13.2. The number of carbonyl (C=O) groups excluding carboxylic acids is 1. The molecule has 3 N–H and O–H groups in total. The maximum Gasteiger partial charge on any atom is 0.251 e. The second-order valence-corrected chi connectivity index (χ2v) is 5.54. The Labute approximate surface area is 113 Å². The molecule has 2 atom stereocenters. The van der Waals surface area contributed by atoms with Gasteiger partial charge in [-0.2, -0.15) is 0 Å². The van der Waals surface area contributed by atoms with Crippen LogP contribution in [-0.4, -0.2) is 36.2 Å². The van der Waals surface area contributed by atoms with Crippen molar-refractivity contribution < 1.29 is 9.90 Å². The molecule has 0 aromatic heterocycles. The molecule has 2 aliphatic rings. The predicted octanol–water partition coefficient (Wildman–Crippen LogP) is 1.02. The predicted molar refractivity (Wildman–Crippen MR) is 73.2 cm³/mol. The van der Waals surface area contributed by atoms with E-state index in [1.165, 1.54) is 18.4 Å². The summed E-state index contributed by atoms with van der Waals surface area (Å²) in [5, 5.41) is 15.8. The van der Waals surface area contributed by atoms with Crippen LogP contribution in [0.1, 0.15) is 41.1 Å². The molecule has 0 radical (unpaired) electrons. The summed E-state index contributed by atoms with van der Waals surface area (Å²) in [5.41, 5.74) is 2.01. The summed E-state index contributed by atoms with van der Waals surface area (Å²) in [6.07, 6.45) is 2.82. The van der Waals surface area contributed by atoms with E-state index in [9.17, 15) is 9.90 Å². The Morgan fingerprint density at radius 1 is 1.21 bits per heavy atom. The van der Waals surface area contributed by atoms with Crippen LogP contribution in [0.25, 0.3) is 0 Å². The van der Waals surface area contributed by atoms with Gasteiger partial charge in [-0.3, -0.25) is 4.79 Å². The highest BCUT2D eigenvalue weighted by molar-refractivity contribution is 5.94. The standard InChI is InChI=1S/C15H20N2O2/c18-14-9-16-8-7-13(14)17-15(19)12-5-3-11(4-6-12)10-1-2-10/h3-6,10,13-14,16,18H,1-2,7-9H2,(H,17,19). The first-order valence-corrected chi connectivity index (χ1v) is 7.03. The van der Waals surface area contributed by atoms with Crippen LogP contribution in [0, 0.1) is 0 Å². The second-order valence-electron chi connectivity index (χ2n) is 5.54. The van der Waals surface area contributed by atoms with Gasteiger partial charge in [0.1, 0.15) is 0 Å². The first kappa shape index (κ1) is 12.6. The summed E-state index contributed by atoms with van der Waals surface area (Å²) in [6, 6.07) is 7.72. The SMILES string of the molecule is O=C(NC1CCNCC1O)c1ccc(C2CC2)cc1. The normalized spacial score (nSPS) is 27.0. The minimum atomic E-state index is -0.497. The minimum Gasteiger partial charge on any atom is -0.390 e. The van der Waals surface area contributed by atoms with Crippen LogP contribution in [0.2, 0.25) is 0 Å². The highest BCUT2D eigenvalue weighted by atomic mass is 16.3. The lowest BCUT2D eigenvalue weighted by Crippen LogP contribution is -2.52. The highest BCUT2D eigenvalue weighted by Gasteiger charge is 2.25. The Balaban J connectivity index is 1.62. The summed E-state index contributed by atoms with van der Waals surface area (Å²) in [6.45, 7) is 1.38. The van der Waals surface area contributed by atoms with Crippen molar-refractivity contribution in [3.63, 3.8) is 0 Å². The maximum absolute atomic E-state index is 12.1. The molecule has 2 unspecified atom stereocenters. The molecule has 1 saturated carbocycles. The molecule has 3 rings (SSSR count). The van der Waals surface area contributed by atoms with Gasteiger partial charge in [-0.15, -0.1) is 0 Å². The molecular weight excluding hydrogens is 240 g/mol. The number of rotatable bonds is 3. The average Bonchev–Trinajstić information content (AvgIpc) is 3.26. The molecule has 0 spiro atoms. The van der Waals surface area contributed by atoms with E-state index >= 15 is 0 Å². The molecule has 4 heteroatoms. The van der Waals surface area contributed by atoms with Gasteiger partial charge < -0.3 is 15.7 Å². The van der Waals surface area contributed by atoms with Gasteiger partial charge in [-0.1, -0.05) is 12.1 Å². The number of hydrogen-bond acceptors (Lipinski definition) is 3. The Morgan fingerprint density at radius 3 is 2.58 bits per heavy atom. The lowest BCUT2D eigenvalue weighted by atomic mass is 10.0. The fourth-order valence-corrected chi connectivity index (χ4v) is 2.59.